The topological polar surface area (TPSA) is 32.7 Å². The van der Waals surface area contributed by atoms with Crippen LogP contribution < -0.4 is 4.74 Å². The van der Waals surface area contributed by atoms with Gasteiger partial charge in [0.25, 0.3) is 0 Å². The van der Waals surface area contributed by atoms with Gasteiger partial charge in [-0.2, -0.15) is 0 Å². The highest BCUT2D eigenvalue weighted by Crippen LogP contribution is 2.53. The Kier molecular flexibility index (Phi) is 4.41. The van der Waals surface area contributed by atoms with E-state index in [1.54, 1.807) is 7.11 Å². The van der Waals surface area contributed by atoms with Crippen LogP contribution in [0, 0.1) is 0 Å². The number of hydrogen-bond acceptors (Lipinski definition) is 3. The summed E-state index contributed by atoms with van der Waals surface area (Å²) in [6.07, 6.45) is 7.92. The van der Waals surface area contributed by atoms with Gasteiger partial charge in [0.1, 0.15) is 0 Å². The van der Waals surface area contributed by atoms with Gasteiger partial charge in [-0.05, 0) is 69.8 Å². The van der Waals surface area contributed by atoms with E-state index in [1.807, 2.05) is 6.07 Å². The number of nitrogens with zero attached hydrogens (tertiary/aromatic N) is 1. The van der Waals surface area contributed by atoms with E-state index in [-0.39, 0.29) is 5.41 Å². The van der Waals surface area contributed by atoms with Gasteiger partial charge in [-0.1, -0.05) is 19.1 Å². The number of aryl methyl sites for hydroxylation is 1. The third-order valence-electron chi connectivity index (χ3n) is 6.03. The summed E-state index contributed by atoms with van der Waals surface area (Å²) < 4.78 is 5.42. The number of methoxy groups -OCH3 is 1. The van der Waals surface area contributed by atoms with Gasteiger partial charge in [0.05, 0.1) is 7.11 Å². The Morgan fingerprint density at radius 2 is 2.13 bits per heavy atom. The number of phenolic OH excluding ortho intramolecular Hbond substituents is 1. The van der Waals surface area contributed by atoms with E-state index in [0.29, 0.717) is 17.5 Å². The maximum atomic E-state index is 11.0. The van der Waals surface area contributed by atoms with Crippen molar-refractivity contribution in [3.63, 3.8) is 0 Å². The third kappa shape index (κ3) is 2.46. The second-order valence-corrected chi connectivity index (χ2v) is 7.04. The first kappa shape index (κ1) is 16.4. The molecule has 1 saturated heterocycles. The maximum Gasteiger partial charge on any atom is 0.162 e. The molecular formula is C20H29NO2. The van der Waals surface area contributed by atoms with Crippen molar-refractivity contribution < 1.29 is 9.84 Å². The highest BCUT2D eigenvalue weighted by atomic mass is 16.5. The van der Waals surface area contributed by atoms with E-state index in [1.165, 1.54) is 17.6 Å². The average Bonchev–Trinajstić information content (AvgIpc) is 2.58. The molecule has 23 heavy (non-hydrogen) atoms. The average molecular weight is 315 g/mol. The van der Waals surface area contributed by atoms with E-state index in [2.05, 4.69) is 37.9 Å². The van der Waals surface area contributed by atoms with Gasteiger partial charge in [0.15, 0.2) is 11.5 Å². The zero-order valence-electron chi connectivity index (χ0n) is 14.9. The van der Waals surface area contributed by atoms with Crippen molar-refractivity contribution in [3.8, 4) is 11.5 Å². The Balaban J connectivity index is 2.23. The molecule has 0 saturated carbocycles. The number of likely N-dealkylation sites (N-methyl/N-ethyl adjacent to an activating group) is 1. The van der Waals surface area contributed by atoms with Gasteiger partial charge in [-0.25, -0.2) is 0 Å². The lowest BCUT2D eigenvalue weighted by Crippen LogP contribution is -2.49. The first-order valence-electron chi connectivity index (χ1n) is 8.85. The molecule has 0 bridgehead atoms. The second kappa shape index (κ2) is 6.20. The molecule has 0 aromatic heterocycles. The summed E-state index contributed by atoms with van der Waals surface area (Å²) in [4.78, 5) is 2.43. The van der Waals surface area contributed by atoms with Gasteiger partial charge < -0.3 is 9.84 Å². The molecule has 126 valence electrons. The molecular weight excluding hydrogens is 286 g/mol. The number of aromatic hydroxyl groups is 1. The van der Waals surface area contributed by atoms with Crippen molar-refractivity contribution in [2.24, 2.45) is 0 Å². The molecule has 1 aliphatic heterocycles. The summed E-state index contributed by atoms with van der Waals surface area (Å²) in [5.41, 5.74) is 3.86. The SMILES string of the molecule is CCc1ccc(OC)c(O)c1[C@@]12CCCC=C1[C@@H](C)N(C)CC2. The van der Waals surface area contributed by atoms with E-state index in [0.717, 1.165) is 37.8 Å². The van der Waals surface area contributed by atoms with Gasteiger partial charge in [-0.3, -0.25) is 4.90 Å². The number of ether oxygens (including phenoxy) is 1. The summed E-state index contributed by atoms with van der Waals surface area (Å²) in [7, 11) is 3.84. The molecule has 3 rings (SSSR count). The van der Waals surface area contributed by atoms with Crippen LogP contribution in [0.15, 0.2) is 23.8 Å². The predicted molar refractivity (Wildman–Crippen MR) is 94.4 cm³/mol. The van der Waals surface area contributed by atoms with Gasteiger partial charge in [0, 0.05) is 17.0 Å². The Hall–Kier alpha value is -1.48. The molecule has 1 fully saturated rings. The lowest BCUT2D eigenvalue weighted by molar-refractivity contribution is 0.176. The number of benzene rings is 1. The molecule has 3 heteroatoms. The fourth-order valence-corrected chi connectivity index (χ4v) is 4.64. The van der Waals surface area contributed by atoms with Crippen LogP contribution >= 0.6 is 0 Å². The molecule has 0 radical (unpaired) electrons. The minimum atomic E-state index is -0.0197. The molecule has 1 heterocycles. The van der Waals surface area contributed by atoms with Crippen LogP contribution in [0.4, 0.5) is 0 Å². The molecule has 0 amide bonds. The zero-order valence-corrected chi connectivity index (χ0v) is 14.9. The number of hydrogen-bond donors (Lipinski definition) is 1. The van der Waals surface area contributed by atoms with Crippen LogP contribution in [0.5, 0.6) is 11.5 Å². The Bertz CT molecular complexity index is 622. The minimum absolute atomic E-state index is 0.0197. The number of piperidine rings is 1. The molecule has 1 N–H and O–H groups in total. The van der Waals surface area contributed by atoms with Crippen molar-refractivity contribution in [3.05, 3.63) is 34.9 Å². The Morgan fingerprint density at radius 1 is 1.35 bits per heavy atom. The number of likely N-dealkylation sites (tertiary alicyclic amines) is 1. The van der Waals surface area contributed by atoms with E-state index in [4.69, 9.17) is 4.74 Å². The molecule has 0 spiro atoms. The second-order valence-electron chi connectivity index (χ2n) is 7.04. The summed E-state index contributed by atoms with van der Waals surface area (Å²) >= 11 is 0. The van der Waals surface area contributed by atoms with Crippen LogP contribution in [0.2, 0.25) is 0 Å². The fourth-order valence-electron chi connectivity index (χ4n) is 4.64. The van der Waals surface area contributed by atoms with Crippen LogP contribution in [-0.2, 0) is 11.8 Å². The number of allylic oxidation sites excluding steroid dienone is 1. The largest absolute Gasteiger partial charge is 0.504 e. The first-order valence-corrected chi connectivity index (χ1v) is 8.85. The van der Waals surface area contributed by atoms with E-state index >= 15 is 0 Å². The lowest BCUT2D eigenvalue weighted by Gasteiger charge is -2.50. The molecule has 2 aliphatic rings. The first-order chi connectivity index (χ1) is 11.0. The third-order valence-corrected chi connectivity index (χ3v) is 6.03. The molecule has 1 aliphatic carbocycles. The number of phenols is 1. The summed E-state index contributed by atoms with van der Waals surface area (Å²) in [5, 5.41) is 11.0. The summed E-state index contributed by atoms with van der Waals surface area (Å²) in [5.74, 6) is 0.958. The number of fused-ring (bicyclic) bond motifs is 1. The summed E-state index contributed by atoms with van der Waals surface area (Å²) in [6, 6.07) is 4.47. The number of rotatable bonds is 3. The monoisotopic (exact) mass is 315 g/mol. The molecule has 0 unspecified atom stereocenters. The highest BCUT2D eigenvalue weighted by Gasteiger charge is 2.46. The Morgan fingerprint density at radius 3 is 2.83 bits per heavy atom. The van der Waals surface area contributed by atoms with Crippen molar-refractivity contribution >= 4 is 0 Å². The van der Waals surface area contributed by atoms with Gasteiger partial charge in [-0.15, -0.1) is 0 Å². The Labute approximate surface area is 140 Å². The summed E-state index contributed by atoms with van der Waals surface area (Å²) in [6.45, 7) is 5.54. The fraction of sp³-hybridized carbons (Fsp3) is 0.600. The van der Waals surface area contributed by atoms with Crippen molar-refractivity contribution in [2.75, 3.05) is 20.7 Å². The van der Waals surface area contributed by atoms with Crippen molar-refractivity contribution in [2.45, 2.75) is 57.4 Å². The normalized spacial score (nSPS) is 28.2. The van der Waals surface area contributed by atoms with Crippen LogP contribution in [0.3, 0.4) is 0 Å². The standard InChI is InChI=1S/C20H29NO2/c1-5-15-9-10-17(23-4)19(22)18(15)20-11-7-6-8-16(20)14(2)21(3)13-12-20/h8-10,14,22H,5-7,11-13H2,1-4H3/t14-,20-/m1/s1. The minimum Gasteiger partial charge on any atom is -0.504 e. The van der Waals surface area contributed by atoms with Crippen LogP contribution in [-0.4, -0.2) is 36.8 Å². The van der Waals surface area contributed by atoms with Crippen LogP contribution in [0.1, 0.15) is 50.7 Å². The smallest absolute Gasteiger partial charge is 0.162 e. The van der Waals surface area contributed by atoms with Gasteiger partial charge in [0.2, 0.25) is 0 Å². The molecule has 3 nitrogen and oxygen atoms in total. The zero-order chi connectivity index (χ0) is 16.6. The maximum absolute atomic E-state index is 11.0. The highest BCUT2D eigenvalue weighted by molar-refractivity contribution is 5.58. The van der Waals surface area contributed by atoms with E-state index < -0.39 is 0 Å². The predicted octanol–water partition coefficient (Wildman–Crippen LogP) is 4.04. The molecule has 2 atom stereocenters. The molecule has 1 aromatic carbocycles. The van der Waals surface area contributed by atoms with Crippen molar-refractivity contribution in [1.29, 1.82) is 0 Å². The van der Waals surface area contributed by atoms with Crippen molar-refractivity contribution in [1.82, 2.24) is 4.90 Å². The van der Waals surface area contributed by atoms with Crippen LogP contribution in [0.25, 0.3) is 0 Å². The van der Waals surface area contributed by atoms with Gasteiger partial charge >= 0.3 is 0 Å². The molecule has 1 aromatic rings. The van der Waals surface area contributed by atoms with E-state index in [9.17, 15) is 5.11 Å². The lowest BCUT2D eigenvalue weighted by atomic mass is 9.60. The quantitative estimate of drug-likeness (QED) is 0.855.